The average molecular weight is 267 g/mol. The molecule has 0 spiro atoms. The molecule has 1 saturated carbocycles. The van der Waals surface area contributed by atoms with Gasteiger partial charge in [-0.15, -0.1) is 0 Å². The van der Waals surface area contributed by atoms with Crippen LogP contribution in [0.25, 0.3) is 0 Å². The molecule has 0 amide bonds. The summed E-state index contributed by atoms with van der Waals surface area (Å²) in [5.74, 6) is 0.449. The molecule has 0 aromatic heterocycles. The lowest BCUT2D eigenvalue weighted by molar-refractivity contribution is 0.504. The van der Waals surface area contributed by atoms with Gasteiger partial charge in [-0.1, -0.05) is 30.3 Å². The normalized spacial score (nSPS) is 18.6. The minimum atomic E-state index is -3.30. The largest absolute Gasteiger partial charge is 0.217 e. The van der Waals surface area contributed by atoms with E-state index in [0.717, 1.165) is 18.4 Å². The van der Waals surface area contributed by atoms with Gasteiger partial charge in [0.2, 0.25) is 10.0 Å². The van der Waals surface area contributed by atoms with Gasteiger partial charge in [-0.2, -0.15) is 0 Å². The van der Waals surface area contributed by atoms with Gasteiger partial charge in [0.25, 0.3) is 0 Å². The van der Waals surface area contributed by atoms with Gasteiger partial charge in [0.15, 0.2) is 0 Å². The highest BCUT2D eigenvalue weighted by Gasteiger charge is 2.38. The average Bonchev–Trinajstić information content (AvgIpc) is 3.09. The zero-order chi connectivity index (χ0) is 13.4. The molecule has 3 nitrogen and oxygen atoms in total. The fourth-order valence-electron chi connectivity index (χ4n) is 1.87. The number of hydrogen-bond donors (Lipinski definition) is 1. The van der Waals surface area contributed by atoms with E-state index in [0.29, 0.717) is 5.92 Å². The van der Waals surface area contributed by atoms with Crippen LogP contribution >= 0.6 is 0 Å². The maximum Gasteiger partial charge on any atom is 0.217 e. The van der Waals surface area contributed by atoms with E-state index >= 15 is 0 Å². The van der Waals surface area contributed by atoms with E-state index in [-0.39, 0.29) is 6.04 Å². The van der Waals surface area contributed by atoms with E-state index in [9.17, 15) is 8.42 Å². The molecule has 0 saturated heterocycles. The summed E-state index contributed by atoms with van der Waals surface area (Å²) < 4.78 is 26.6. The summed E-state index contributed by atoms with van der Waals surface area (Å²) in [6.45, 7) is 5.18. The summed E-state index contributed by atoms with van der Waals surface area (Å²) in [6, 6.07) is 9.77. The topological polar surface area (TPSA) is 46.2 Å². The second-order valence-electron chi connectivity index (χ2n) is 5.96. The van der Waals surface area contributed by atoms with Crippen molar-refractivity contribution in [3.05, 3.63) is 35.9 Å². The molecule has 0 unspecified atom stereocenters. The smallest absolute Gasteiger partial charge is 0.212 e. The Bertz CT molecular complexity index is 498. The minimum Gasteiger partial charge on any atom is -0.212 e. The molecule has 1 aromatic rings. The lowest BCUT2D eigenvalue weighted by atomic mass is 10.0. The Labute approximate surface area is 110 Å². The third-order valence-electron chi connectivity index (χ3n) is 3.34. The van der Waals surface area contributed by atoms with Crippen LogP contribution in [0.15, 0.2) is 30.3 Å². The zero-order valence-electron chi connectivity index (χ0n) is 11.2. The maximum absolute atomic E-state index is 12.3. The number of benzene rings is 1. The van der Waals surface area contributed by atoms with E-state index in [4.69, 9.17) is 0 Å². The Balaban J connectivity index is 2.24. The summed E-state index contributed by atoms with van der Waals surface area (Å²) in [7, 11) is -3.30. The van der Waals surface area contributed by atoms with Crippen LogP contribution in [0.5, 0.6) is 0 Å². The first-order chi connectivity index (χ1) is 8.31. The molecule has 1 atom stereocenters. The molecule has 1 aliphatic rings. The van der Waals surface area contributed by atoms with Crippen molar-refractivity contribution in [2.75, 3.05) is 0 Å². The van der Waals surface area contributed by atoms with Crippen LogP contribution in [0.2, 0.25) is 0 Å². The molecule has 0 aliphatic heterocycles. The van der Waals surface area contributed by atoms with E-state index < -0.39 is 14.8 Å². The number of hydrogen-bond acceptors (Lipinski definition) is 2. The van der Waals surface area contributed by atoms with Crippen molar-refractivity contribution < 1.29 is 8.42 Å². The quantitative estimate of drug-likeness (QED) is 0.911. The Kier molecular flexibility index (Phi) is 3.52. The molecular weight excluding hydrogens is 246 g/mol. The van der Waals surface area contributed by atoms with Crippen LogP contribution in [0.4, 0.5) is 0 Å². The highest BCUT2D eigenvalue weighted by atomic mass is 32.2. The summed E-state index contributed by atoms with van der Waals surface area (Å²) in [4.78, 5) is 0. The predicted octanol–water partition coefficient (Wildman–Crippen LogP) is 2.86. The lowest BCUT2D eigenvalue weighted by Crippen LogP contribution is -2.41. The third-order valence-corrected chi connectivity index (χ3v) is 5.52. The van der Waals surface area contributed by atoms with Crippen LogP contribution in [0.1, 0.15) is 45.2 Å². The van der Waals surface area contributed by atoms with Crippen molar-refractivity contribution in [3.8, 4) is 0 Å². The van der Waals surface area contributed by atoms with Crippen molar-refractivity contribution in [2.24, 2.45) is 5.92 Å². The van der Waals surface area contributed by atoms with Gasteiger partial charge in [0.1, 0.15) is 0 Å². The molecule has 1 aromatic carbocycles. The Morgan fingerprint density at radius 2 is 1.72 bits per heavy atom. The minimum absolute atomic E-state index is 0.0737. The highest BCUT2D eigenvalue weighted by Crippen LogP contribution is 2.41. The van der Waals surface area contributed by atoms with Crippen LogP contribution in [0, 0.1) is 5.92 Å². The standard InChI is InChI=1S/C14H21NO2S/c1-14(2,3)18(16,17)15-13(12-9-10-12)11-7-5-4-6-8-11/h4-8,12-13,15H,9-10H2,1-3H3/t13-/m1/s1. The fraction of sp³-hybridized carbons (Fsp3) is 0.571. The first-order valence-electron chi connectivity index (χ1n) is 6.38. The monoisotopic (exact) mass is 267 g/mol. The maximum atomic E-state index is 12.3. The Morgan fingerprint density at radius 1 is 1.17 bits per heavy atom. The molecule has 2 rings (SSSR count). The van der Waals surface area contributed by atoms with Crippen LogP contribution < -0.4 is 4.72 Å². The fourth-order valence-corrected chi connectivity index (χ4v) is 2.89. The predicted molar refractivity (Wildman–Crippen MR) is 73.7 cm³/mol. The Morgan fingerprint density at radius 3 is 2.17 bits per heavy atom. The van der Waals surface area contributed by atoms with Gasteiger partial charge in [-0.25, -0.2) is 13.1 Å². The molecule has 1 N–H and O–H groups in total. The third kappa shape index (κ3) is 2.93. The second kappa shape index (κ2) is 4.67. The molecule has 1 fully saturated rings. The van der Waals surface area contributed by atoms with Crippen molar-refractivity contribution >= 4 is 10.0 Å². The van der Waals surface area contributed by atoms with Crippen LogP contribution in [0.3, 0.4) is 0 Å². The van der Waals surface area contributed by atoms with Gasteiger partial charge < -0.3 is 0 Å². The van der Waals surface area contributed by atoms with Crippen LogP contribution in [-0.4, -0.2) is 13.2 Å². The molecule has 0 radical (unpaired) electrons. The molecule has 0 heterocycles. The van der Waals surface area contributed by atoms with Gasteiger partial charge in [-0.3, -0.25) is 0 Å². The van der Waals surface area contributed by atoms with Crippen molar-refractivity contribution in [2.45, 2.75) is 44.4 Å². The van der Waals surface area contributed by atoms with E-state index in [1.807, 2.05) is 30.3 Å². The molecule has 0 bridgehead atoms. The number of rotatable bonds is 4. The molecule has 4 heteroatoms. The molecule has 100 valence electrons. The zero-order valence-corrected chi connectivity index (χ0v) is 12.0. The summed E-state index contributed by atoms with van der Waals surface area (Å²) >= 11 is 0. The summed E-state index contributed by atoms with van der Waals surface area (Å²) in [5.41, 5.74) is 1.06. The van der Waals surface area contributed by atoms with E-state index in [1.165, 1.54) is 0 Å². The van der Waals surface area contributed by atoms with Crippen molar-refractivity contribution in [1.29, 1.82) is 0 Å². The highest BCUT2D eigenvalue weighted by molar-refractivity contribution is 7.90. The number of sulfonamides is 1. The summed E-state index contributed by atoms with van der Waals surface area (Å²) in [5, 5.41) is 0. The molecular formula is C14H21NO2S. The van der Waals surface area contributed by atoms with Crippen LogP contribution in [-0.2, 0) is 10.0 Å². The van der Waals surface area contributed by atoms with Gasteiger partial charge in [0.05, 0.1) is 4.75 Å². The Hall–Kier alpha value is -0.870. The van der Waals surface area contributed by atoms with Crippen molar-refractivity contribution in [3.63, 3.8) is 0 Å². The molecule has 1 aliphatic carbocycles. The van der Waals surface area contributed by atoms with Gasteiger partial charge in [-0.05, 0) is 45.1 Å². The van der Waals surface area contributed by atoms with Gasteiger partial charge >= 0.3 is 0 Å². The summed E-state index contributed by atoms with van der Waals surface area (Å²) in [6.07, 6.45) is 2.21. The van der Waals surface area contributed by atoms with Crippen molar-refractivity contribution in [1.82, 2.24) is 4.72 Å². The first kappa shape index (κ1) is 13.6. The van der Waals surface area contributed by atoms with E-state index in [1.54, 1.807) is 20.8 Å². The lowest BCUT2D eigenvalue weighted by Gasteiger charge is -2.25. The van der Waals surface area contributed by atoms with Gasteiger partial charge in [0, 0.05) is 6.04 Å². The first-order valence-corrected chi connectivity index (χ1v) is 7.86. The second-order valence-corrected chi connectivity index (χ2v) is 8.43. The number of nitrogens with one attached hydrogen (secondary N) is 1. The van der Waals surface area contributed by atoms with E-state index in [2.05, 4.69) is 4.72 Å². The SMILES string of the molecule is CC(C)(C)S(=O)(=O)N[C@H](c1ccccc1)C1CC1. The molecule has 18 heavy (non-hydrogen) atoms.